The molecule has 1 aromatic rings. The molecule has 1 aliphatic heterocycles. The normalized spacial score (nSPS) is 16.6. The lowest BCUT2D eigenvalue weighted by Gasteiger charge is -2.36. The molecule has 1 aliphatic rings. The lowest BCUT2D eigenvalue weighted by Crippen LogP contribution is -2.46. The maximum atomic E-state index is 11.8. The Morgan fingerprint density at radius 3 is 2.55 bits per heavy atom. The van der Waals surface area contributed by atoms with E-state index in [9.17, 15) is 9.59 Å². The summed E-state index contributed by atoms with van der Waals surface area (Å²) in [6, 6.07) is 4.56. The number of hydrogen-bond donors (Lipinski definition) is 2. The van der Waals surface area contributed by atoms with Crippen LogP contribution in [0.4, 0.5) is 0 Å². The third-order valence-electron chi connectivity index (χ3n) is 5.12. The minimum absolute atomic E-state index is 0. The number of halogens is 1. The van der Waals surface area contributed by atoms with Crippen molar-refractivity contribution in [2.24, 2.45) is 5.73 Å². The number of aryl methyl sites for hydroxylation is 2. The van der Waals surface area contributed by atoms with Gasteiger partial charge in [-0.15, -0.1) is 12.4 Å². The summed E-state index contributed by atoms with van der Waals surface area (Å²) in [6.07, 6.45) is 3.82. The molecule has 1 fully saturated rings. The first-order valence-electron chi connectivity index (χ1n) is 9.95. The van der Waals surface area contributed by atoms with E-state index in [1.807, 2.05) is 13.8 Å². The molecule has 1 amide bonds. The molecule has 2 rings (SSSR count). The van der Waals surface area contributed by atoms with Gasteiger partial charge in [0.05, 0.1) is 7.11 Å². The van der Waals surface area contributed by atoms with Crippen LogP contribution in [0.5, 0.6) is 5.75 Å². The number of amides is 1. The maximum Gasteiger partial charge on any atom is 0.343 e. The summed E-state index contributed by atoms with van der Waals surface area (Å²) in [5.74, 6) is 0.362. The van der Waals surface area contributed by atoms with Crippen molar-refractivity contribution in [3.8, 4) is 5.75 Å². The quantitative estimate of drug-likeness (QED) is 0.586. The van der Waals surface area contributed by atoms with Crippen molar-refractivity contribution < 1.29 is 19.1 Å². The number of carbonyl (C=O) groups is 2. The van der Waals surface area contributed by atoms with E-state index in [4.69, 9.17) is 10.5 Å². The number of likely N-dealkylation sites (tertiary alicyclic amines) is 1. The van der Waals surface area contributed by atoms with E-state index in [1.54, 1.807) is 0 Å². The maximum absolute atomic E-state index is 11.8. The second-order valence-electron chi connectivity index (χ2n) is 7.39. The molecule has 0 aromatic heterocycles. The number of piperidine rings is 1. The molecular weight excluding hydrogens is 394 g/mol. The molecule has 1 heterocycles. The zero-order chi connectivity index (χ0) is 20.5. The van der Waals surface area contributed by atoms with E-state index in [1.165, 1.54) is 25.5 Å². The fourth-order valence-electron chi connectivity index (χ4n) is 3.73. The van der Waals surface area contributed by atoms with E-state index < -0.39 is 5.97 Å². The van der Waals surface area contributed by atoms with Crippen molar-refractivity contribution in [3.05, 3.63) is 28.8 Å². The Labute approximate surface area is 179 Å². The Morgan fingerprint density at radius 1 is 1.24 bits per heavy atom. The van der Waals surface area contributed by atoms with Crippen molar-refractivity contribution in [1.29, 1.82) is 0 Å². The predicted octanol–water partition coefficient (Wildman–Crippen LogP) is 2.10. The number of nitrogens with two attached hydrogens (primary N) is 1. The first-order chi connectivity index (χ1) is 13.4. The molecule has 0 spiro atoms. The highest BCUT2D eigenvalue weighted by atomic mass is 35.5. The summed E-state index contributed by atoms with van der Waals surface area (Å²) < 4.78 is 10.3. The molecule has 0 bridgehead atoms. The second-order valence-corrected chi connectivity index (χ2v) is 7.39. The molecular formula is C21H34ClN3O4. The minimum atomic E-state index is -0.393. The van der Waals surface area contributed by atoms with Crippen molar-refractivity contribution >= 4 is 24.3 Å². The molecule has 0 radical (unpaired) electrons. The molecule has 7 nitrogen and oxygen atoms in total. The molecule has 1 saturated heterocycles. The van der Waals surface area contributed by atoms with Gasteiger partial charge in [-0.05, 0) is 49.9 Å². The highest BCUT2D eigenvalue weighted by Gasteiger charge is 2.23. The van der Waals surface area contributed by atoms with Crippen LogP contribution in [0.2, 0.25) is 0 Å². The van der Waals surface area contributed by atoms with Crippen LogP contribution in [0, 0.1) is 13.8 Å². The number of nitrogens with one attached hydrogen (secondary N) is 1. The lowest BCUT2D eigenvalue weighted by molar-refractivity contribution is -0.142. The standard InChI is InChI=1S/C21H33N3O4.ClH/c1-15-10-17(11-16(2)21(15)28-14-20(26)27-3)13-24-9-5-4-6-18(24)12-23-19(25)7-8-22;/h10-11,18H,4-9,12-14,22H2,1-3H3,(H,23,25);1H. The minimum Gasteiger partial charge on any atom is -0.481 e. The number of methoxy groups -OCH3 is 1. The van der Waals surface area contributed by atoms with Gasteiger partial charge in [0.15, 0.2) is 6.61 Å². The van der Waals surface area contributed by atoms with Crippen molar-refractivity contribution in [3.63, 3.8) is 0 Å². The van der Waals surface area contributed by atoms with Gasteiger partial charge in [-0.3, -0.25) is 9.69 Å². The Bertz CT molecular complexity index is 661. The number of hydrogen-bond acceptors (Lipinski definition) is 6. The SMILES string of the molecule is COC(=O)COc1c(C)cc(CN2CCCCC2CNC(=O)CCN)cc1C.Cl. The Kier molecular flexibility index (Phi) is 11.0. The topological polar surface area (TPSA) is 93.9 Å². The van der Waals surface area contributed by atoms with E-state index in [-0.39, 0.29) is 24.9 Å². The van der Waals surface area contributed by atoms with Gasteiger partial charge in [0.1, 0.15) is 5.75 Å². The summed E-state index contributed by atoms with van der Waals surface area (Å²) >= 11 is 0. The van der Waals surface area contributed by atoms with Gasteiger partial charge in [0.2, 0.25) is 5.91 Å². The predicted molar refractivity (Wildman–Crippen MR) is 115 cm³/mol. The fourth-order valence-corrected chi connectivity index (χ4v) is 3.73. The molecule has 0 saturated carbocycles. The number of carbonyl (C=O) groups excluding carboxylic acids is 2. The number of esters is 1. The molecule has 29 heavy (non-hydrogen) atoms. The number of nitrogens with zero attached hydrogens (tertiary/aromatic N) is 1. The molecule has 8 heteroatoms. The van der Waals surface area contributed by atoms with E-state index >= 15 is 0 Å². The highest BCUT2D eigenvalue weighted by Crippen LogP contribution is 2.27. The third kappa shape index (κ3) is 7.84. The van der Waals surface area contributed by atoms with E-state index in [2.05, 4.69) is 27.1 Å². The van der Waals surface area contributed by atoms with Crippen molar-refractivity contribution in [2.75, 3.05) is 33.4 Å². The van der Waals surface area contributed by atoms with Crippen LogP contribution < -0.4 is 15.8 Å². The summed E-state index contributed by atoms with van der Waals surface area (Å²) in [7, 11) is 1.35. The van der Waals surface area contributed by atoms with Crippen LogP contribution in [0.3, 0.4) is 0 Å². The van der Waals surface area contributed by atoms with Gasteiger partial charge in [-0.25, -0.2) is 4.79 Å². The van der Waals surface area contributed by atoms with E-state index in [0.29, 0.717) is 25.6 Å². The van der Waals surface area contributed by atoms with Crippen molar-refractivity contribution in [2.45, 2.75) is 52.1 Å². The van der Waals surface area contributed by atoms with Crippen LogP contribution in [-0.4, -0.2) is 56.2 Å². The van der Waals surface area contributed by atoms with Crippen LogP contribution in [0.1, 0.15) is 42.4 Å². The van der Waals surface area contributed by atoms with Gasteiger partial charge in [-0.2, -0.15) is 0 Å². The van der Waals surface area contributed by atoms with E-state index in [0.717, 1.165) is 36.4 Å². The Morgan fingerprint density at radius 2 is 1.93 bits per heavy atom. The monoisotopic (exact) mass is 427 g/mol. The average Bonchev–Trinajstić information content (AvgIpc) is 2.66. The van der Waals surface area contributed by atoms with Gasteiger partial charge in [0, 0.05) is 32.1 Å². The molecule has 1 unspecified atom stereocenters. The Balaban J connectivity index is 0.00000420. The molecule has 3 N–H and O–H groups in total. The van der Waals surface area contributed by atoms with Gasteiger partial charge >= 0.3 is 5.97 Å². The number of ether oxygens (including phenoxy) is 2. The molecule has 0 aliphatic carbocycles. The zero-order valence-corrected chi connectivity index (χ0v) is 18.5. The van der Waals surface area contributed by atoms with Gasteiger partial charge in [0.25, 0.3) is 0 Å². The first-order valence-corrected chi connectivity index (χ1v) is 9.95. The van der Waals surface area contributed by atoms with Crippen LogP contribution in [0.25, 0.3) is 0 Å². The van der Waals surface area contributed by atoms with Crippen LogP contribution in [-0.2, 0) is 20.9 Å². The summed E-state index contributed by atoms with van der Waals surface area (Å²) in [6.45, 7) is 6.79. The smallest absolute Gasteiger partial charge is 0.343 e. The Hall–Kier alpha value is -1.83. The van der Waals surface area contributed by atoms with Gasteiger partial charge in [-0.1, -0.05) is 18.6 Å². The molecule has 164 valence electrons. The summed E-state index contributed by atoms with van der Waals surface area (Å²) in [5, 5.41) is 3.01. The molecule has 1 aromatic carbocycles. The third-order valence-corrected chi connectivity index (χ3v) is 5.12. The van der Waals surface area contributed by atoms with Crippen molar-refractivity contribution in [1.82, 2.24) is 10.2 Å². The highest BCUT2D eigenvalue weighted by molar-refractivity contribution is 5.85. The first kappa shape index (κ1) is 25.2. The summed E-state index contributed by atoms with van der Waals surface area (Å²) in [4.78, 5) is 25.5. The second kappa shape index (κ2) is 12.7. The largest absolute Gasteiger partial charge is 0.481 e. The van der Waals surface area contributed by atoms with Gasteiger partial charge < -0.3 is 20.5 Å². The van der Waals surface area contributed by atoms with Crippen LogP contribution >= 0.6 is 12.4 Å². The fraction of sp³-hybridized carbons (Fsp3) is 0.619. The zero-order valence-electron chi connectivity index (χ0n) is 17.7. The number of benzene rings is 1. The average molecular weight is 428 g/mol. The molecule has 1 atom stereocenters. The summed E-state index contributed by atoms with van der Waals surface area (Å²) in [5.41, 5.74) is 8.66. The lowest BCUT2D eigenvalue weighted by atomic mass is 9.99. The number of rotatable bonds is 9. The van der Waals surface area contributed by atoms with Crippen LogP contribution in [0.15, 0.2) is 12.1 Å².